The van der Waals surface area contributed by atoms with E-state index < -0.39 is 0 Å². The summed E-state index contributed by atoms with van der Waals surface area (Å²) in [6.45, 7) is 1.70. The van der Waals surface area contributed by atoms with Gasteiger partial charge >= 0.3 is 0 Å². The molecule has 0 spiro atoms. The van der Waals surface area contributed by atoms with Crippen LogP contribution in [-0.2, 0) is 17.6 Å². The van der Waals surface area contributed by atoms with Crippen LogP contribution >= 0.6 is 11.3 Å². The number of rotatable bonds is 3. The first-order valence-electron chi connectivity index (χ1n) is 9.15. The molecule has 1 fully saturated rings. The van der Waals surface area contributed by atoms with Gasteiger partial charge < -0.3 is 9.64 Å². The maximum absolute atomic E-state index is 13.5. The number of nitrogens with zero attached hydrogens (tertiary/aromatic N) is 5. The molecule has 27 heavy (non-hydrogen) atoms. The van der Waals surface area contributed by atoms with Crippen LogP contribution in [0.5, 0.6) is 0 Å². The molecule has 3 heterocycles. The minimum atomic E-state index is -0.0907. The number of tetrazole rings is 1. The molecule has 1 amide bonds. The van der Waals surface area contributed by atoms with Gasteiger partial charge in [-0.3, -0.25) is 4.79 Å². The summed E-state index contributed by atoms with van der Waals surface area (Å²) in [7, 11) is 0. The van der Waals surface area contributed by atoms with Gasteiger partial charge in [0.05, 0.1) is 18.7 Å². The predicted octanol–water partition coefficient (Wildman–Crippen LogP) is 2.43. The van der Waals surface area contributed by atoms with Crippen LogP contribution in [0.1, 0.15) is 38.9 Å². The Kier molecular flexibility index (Phi) is 4.21. The summed E-state index contributed by atoms with van der Waals surface area (Å²) < 4.78 is 7.54. The number of amides is 1. The van der Waals surface area contributed by atoms with Crippen molar-refractivity contribution in [3.05, 3.63) is 58.2 Å². The second-order valence-corrected chi connectivity index (χ2v) is 7.90. The van der Waals surface area contributed by atoms with Crippen molar-refractivity contribution in [2.24, 2.45) is 0 Å². The van der Waals surface area contributed by atoms with Gasteiger partial charge in [0.25, 0.3) is 5.91 Å². The Morgan fingerprint density at radius 2 is 2.11 bits per heavy atom. The highest BCUT2D eigenvalue weighted by atomic mass is 32.1. The van der Waals surface area contributed by atoms with E-state index in [1.807, 2.05) is 35.2 Å². The fourth-order valence-electron chi connectivity index (χ4n) is 3.89. The average molecular weight is 381 g/mol. The third-order valence-electron chi connectivity index (χ3n) is 5.20. The maximum Gasteiger partial charge on any atom is 0.257 e. The Bertz CT molecular complexity index is 954. The standard InChI is InChI=1S/C19H19N5O2S/c25-18(23-9-10-26-15(11-23)13-5-2-1-3-6-13)17-14-7-4-8-16(14)27-19(17)24-12-20-21-22-24/h1-3,5-6,12,15H,4,7-11H2. The molecule has 2 aromatic heterocycles. The Morgan fingerprint density at radius 3 is 2.93 bits per heavy atom. The minimum absolute atomic E-state index is 0.0594. The third kappa shape index (κ3) is 2.94. The molecule has 0 saturated carbocycles. The summed E-state index contributed by atoms with van der Waals surface area (Å²) in [4.78, 5) is 16.7. The number of ether oxygens (including phenoxy) is 1. The molecular formula is C19H19N5O2S. The van der Waals surface area contributed by atoms with E-state index in [2.05, 4.69) is 15.5 Å². The lowest BCUT2D eigenvalue weighted by molar-refractivity contribution is -0.0228. The number of carbonyl (C=O) groups is 1. The zero-order valence-electron chi connectivity index (χ0n) is 14.7. The molecule has 2 aliphatic rings. The summed E-state index contributed by atoms with van der Waals surface area (Å²) >= 11 is 1.64. The van der Waals surface area contributed by atoms with Crippen LogP contribution in [0.15, 0.2) is 36.7 Å². The molecule has 0 bridgehead atoms. The van der Waals surface area contributed by atoms with Gasteiger partial charge in [-0.05, 0) is 40.8 Å². The molecule has 1 saturated heterocycles. The quantitative estimate of drug-likeness (QED) is 0.697. The normalized spacial score (nSPS) is 19.3. The smallest absolute Gasteiger partial charge is 0.257 e. The van der Waals surface area contributed by atoms with Crippen molar-refractivity contribution in [2.75, 3.05) is 19.7 Å². The van der Waals surface area contributed by atoms with E-state index in [1.54, 1.807) is 22.3 Å². The van der Waals surface area contributed by atoms with Gasteiger partial charge in [-0.1, -0.05) is 30.3 Å². The van der Waals surface area contributed by atoms with Crippen LogP contribution in [0.25, 0.3) is 5.00 Å². The molecule has 5 rings (SSSR count). The second kappa shape index (κ2) is 6.86. The average Bonchev–Trinajstić information content (AvgIpc) is 3.45. The van der Waals surface area contributed by atoms with E-state index in [-0.39, 0.29) is 12.0 Å². The lowest BCUT2D eigenvalue weighted by atomic mass is 10.1. The monoisotopic (exact) mass is 381 g/mol. The molecule has 138 valence electrons. The van der Waals surface area contributed by atoms with Crippen LogP contribution in [-0.4, -0.2) is 50.7 Å². The molecule has 1 aromatic carbocycles. The molecule has 1 aliphatic carbocycles. The van der Waals surface area contributed by atoms with Crippen LogP contribution < -0.4 is 0 Å². The van der Waals surface area contributed by atoms with Crippen molar-refractivity contribution in [2.45, 2.75) is 25.4 Å². The summed E-state index contributed by atoms with van der Waals surface area (Å²) in [5, 5.41) is 12.3. The number of aryl methyl sites for hydroxylation is 1. The van der Waals surface area contributed by atoms with E-state index in [0.29, 0.717) is 19.7 Å². The van der Waals surface area contributed by atoms with Gasteiger partial charge in [-0.25, -0.2) is 0 Å². The number of morpholine rings is 1. The van der Waals surface area contributed by atoms with Gasteiger partial charge in [0.15, 0.2) is 0 Å². The molecule has 0 N–H and O–H groups in total. The zero-order chi connectivity index (χ0) is 18.2. The lowest BCUT2D eigenvalue weighted by Gasteiger charge is -2.33. The van der Waals surface area contributed by atoms with E-state index in [9.17, 15) is 4.79 Å². The second-order valence-electron chi connectivity index (χ2n) is 6.81. The number of aromatic nitrogens is 4. The van der Waals surface area contributed by atoms with Gasteiger partial charge in [0, 0.05) is 11.4 Å². The van der Waals surface area contributed by atoms with Crippen molar-refractivity contribution in [3.63, 3.8) is 0 Å². The van der Waals surface area contributed by atoms with Crippen molar-refractivity contribution < 1.29 is 9.53 Å². The van der Waals surface area contributed by atoms with Crippen LogP contribution in [0, 0.1) is 0 Å². The van der Waals surface area contributed by atoms with Crippen molar-refractivity contribution >= 4 is 17.2 Å². The Balaban J connectivity index is 1.47. The van der Waals surface area contributed by atoms with Gasteiger partial charge in [0.2, 0.25) is 0 Å². The first-order valence-corrected chi connectivity index (χ1v) is 9.96. The molecule has 3 aromatic rings. The number of thiophene rings is 1. The zero-order valence-corrected chi connectivity index (χ0v) is 15.6. The maximum atomic E-state index is 13.5. The summed E-state index contributed by atoms with van der Waals surface area (Å²) in [6.07, 6.45) is 4.54. The van der Waals surface area contributed by atoms with Crippen LogP contribution in [0.3, 0.4) is 0 Å². The highest BCUT2D eigenvalue weighted by Crippen LogP contribution is 2.38. The van der Waals surface area contributed by atoms with Crippen LogP contribution in [0.4, 0.5) is 0 Å². The van der Waals surface area contributed by atoms with Gasteiger partial charge in [-0.2, -0.15) is 4.68 Å². The molecule has 1 aliphatic heterocycles. The Morgan fingerprint density at radius 1 is 1.22 bits per heavy atom. The molecule has 0 radical (unpaired) electrons. The molecule has 1 unspecified atom stereocenters. The predicted molar refractivity (Wildman–Crippen MR) is 100 cm³/mol. The first kappa shape index (κ1) is 16.6. The number of hydrogen-bond acceptors (Lipinski definition) is 6. The first-order chi connectivity index (χ1) is 13.3. The largest absolute Gasteiger partial charge is 0.370 e. The summed E-state index contributed by atoms with van der Waals surface area (Å²) in [5.74, 6) is 0.0594. The van der Waals surface area contributed by atoms with E-state index in [1.165, 1.54) is 10.4 Å². The minimum Gasteiger partial charge on any atom is -0.370 e. The van der Waals surface area contributed by atoms with Crippen molar-refractivity contribution in [3.8, 4) is 5.00 Å². The number of benzene rings is 1. The number of fused-ring (bicyclic) bond motifs is 1. The molecule has 7 nitrogen and oxygen atoms in total. The fourth-order valence-corrected chi connectivity index (χ4v) is 5.18. The number of carbonyl (C=O) groups excluding carboxylic acids is 1. The fraction of sp³-hybridized carbons (Fsp3) is 0.368. The lowest BCUT2D eigenvalue weighted by Crippen LogP contribution is -2.42. The van der Waals surface area contributed by atoms with Gasteiger partial charge in [0.1, 0.15) is 17.4 Å². The SMILES string of the molecule is O=C(c1c(-n2cnnn2)sc2c1CCC2)N1CCOC(c2ccccc2)C1. The molecule has 8 heteroatoms. The Hall–Kier alpha value is -2.58. The van der Waals surface area contributed by atoms with E-state index in [0.717, 1.165) is 35.4 Å². The highest BCUT2D eigenvalue weighted by molar-refractivity contribution is 7.15. The third-order valence-corrected chi connectivity index (χ3v) is 6.48. The number of hydrogen-bond donors (Lipinski definition) is 0. The molecule has 1 atom stereocenters. The summed E-state index contributed by atoms with van der Waals surface area (Å²) in [5.41, 5.74) is 3.05. The van der Waals surface area contributed by atoms with E-state index >= 15 is 0 Å². The van der Waals surface area contributed by atoms with Crippen molar-refractivity contribution in [1.82, 2.24) is 25.1 Å². The highest BCUT2D eigenvalue weighted by Gasteiger charge is 2.33. The Labute approximate surface area is 160 Å². The molecular weight excluding hydrogens is 362 g/mol. The van der Waals surface area contributed by atoms with Crippen LogP contribution in [0.2, 0.25) is 0 Å². The van der Waals surface area contributed by atoms with Crippen molar-refractivity contribution in [1.29, 1.82) is 0 Å². The van der Waals surface area contributed by atoms with Gasteiger partial charge in [-0.15, -0.1) is 16.4 Å². The summed E-state index contributed by atoms with van der Waals surface area (Å²) in [6, 6.07) is 10.1. The topological polar surface area (TPSA) is 73.1 Å². The van der Waals surface area contributed by atoms with E-state index in [4.69, 9.17) is 4.74 Å².